The largest absolute Gasteiger partial charge is 0.389 e. The van der Waals surface area contributed by atoms with Gasteiger partial charge in [-0.1, -0.05) is 12.2 Å². The highest BCUT2D eigenvalue weighted by atomic mass is 32.1. The van der Waals surface area contributed by atoms with Gasteiger partial charge in [0.2, 0.25) is 0 Å². The fraction of sp³-hybridized carbons (Fsp3) is 0.286. The summed E-state index contributed by atoms with van der Waals surface area (Å²) in [6, 6.07) is 1.74. The predicted molar refractivity (Wildman–Crippen MR) is 52.1 cm³/mol. The summed E-state index contributed by atoms with van der Waals surface area (Å²) >= 11 is 4.83. The molecule has 1 aromatic heterocycles. The molecule has 0 fully saturated rings. The summed E-state index contributed by atoms with van der Waals surface area (Å²) in [5.41, 5.74) is 6.21. The van der Waals surface area contributed by atoms with Crippen LogP contribution >= 0.6 is 12.2 Å². The Kier molecular flexibility index (Phi) is 2.93. The third kappa shape index (κ3) is 1.88. The number of nitrogens with one attached hydrogen (secondary N) is 1. The number of rotatable bonds is 3. The van der Waals surface area contributed by atoms with Crippen LogP contribution < -0.4 is 11.1 Å². The van der Waals surface area contributed by atoms with Crippen molar-refractivity contribution >= 4 is 23.0 Å². The van der Waals surface area contributed by atoms with Crippen molar-refractivity contribution in [3.05, 3.63) is 17.8 Å². The molecule has 0 atom stereocenters. The van der Waals surface area contributed by atoms with Gasteiger partial charge in [0.25, 0.3) is 0 Å². The first-order valence-electron chi connectivity index (χ1n) is 3.61. The van der Waals surface area contributed by atoms with E-state index in [0.717, 1.165) is 12.1 Å². The Labute approximate surface area is 76.2 Å². The van der Waals surface area contributed by atoms with Crippen LogP contribution in [0.15, 0.2) is 12.3 Å². The molecule has 0 unspecified atom stereocenters. The van der Waals surface area contributed by atoms with E-state index >= 15 is 0 Å². The summed E-state index contributed by atoms with van der Waals surface area (Å²) < 4.78 is 0. The molecule has 0 aliphatic carbocycles. The maximum atomic E-state index is 5.47. The van der Waals surface area contributed by atoms with Crippen LogP contribution in [-0.2, 0) is 0 Å². The van der Waals surface area contributed by atoms with Crippen LogP contribution in [0, 0.1) is 0 Å². The second-order valence-electron chi connectivity index (χ2n) is 2.19. The first kappa shape index (κ1) is 8.86. The van der Waals surface area contributed by atoms with Gasteiger partial charge in [0.15, 0.2) is 5.82 Å². The number of hydrogen-bond acceptors (Lipinski definition) is 4. The third-order valence-corrected chi connectivity index (χ3v) is 1.55. The van der Waals surface area contributed by atoms with Gasteiger partial charge in [-0.05, 0) is 13.0 Å². The maximum absolute atomic E-state index is 5.47. The van der Waals surface area contributed by atoms with E-state index in [0.29, 0.717) is 10.8 Å². The van der Waals surface area contributed by atoms with Gasteiger partial charge in [0.05, 0.1) is 11.8 Å². The van der Waals surface area contributed by atoms with Crippen molar-refractivity contribution in [2.75, 3.05) is 11.9 Å². The molecule has 0 bridgehead atoms. The molecule has 0 aliphatic heterocycles. The van der Waals surface area contributed by atoms with Crippen LogP contribution in [0.25, 0.3) is 0 Å². The normalized spacial score (nSPS) is 9.42. The van der Waals surface area contributed by atoms with Crippen molar-refractivity contribution in [1.82, 2.24) is 10.2 Å². The van der Waals surface area contributed by atoms with Gasteiger partial charge in [0, 0.05) is 6.54 Å². The molecule has 1 rings (SSSR count). The average Bonchev–Trinajstić information content (AvgIpc) is 2.05. The lowest BCUT2D eigenvalue weighted by atomic mass is 10.3. The minimum Gasteiger partial charge on any atom is -0.389 e. The average molecular weight is 182 g/mol. The molecule has 1 aromatic rings. The molecule has 0 aromatic carbocycles. The van der Waals surface area contributed by atoms with Gasteiger partial charge < -0.3 is 11.1 Å². The molecule has 0 radical (unpaired) electrons. The number of nitrogens with two attached hydrogens (primary N) is 1. The lowest BCUT2D eigenvalue weighted by molar-refractivity contribution is 1.01. The van der Waals surface area contributed by atoms with Crippen LogP contribution in [0.4, 0.5) is 5.82 Å². The van der Waals surface area contributed by atoms with Crippen molar-refractivity contribution in [3.63, 3.8) is 0 Å². The van der Waals surface area contributed by atoms with Crippen molar-refractivity contribution < 1.29 is 0 Å². The van der Waals surface area contributed by atoms with Crippen LogP contribution in [0.3, 0.4) is 0 Å². The Morgan fingerprint density at radius 3 is 3.08 bits per heavy atom. The predicted octanol–water partition coefficient (Wildman–Crippen LogP) is 0.543. The zero-order valence-electron chi connectivity index (χ0n) is 6.74. The summed E-state index contributed by atoms with van der Waals surface area (Å²) in [5.74, 6) is 0.646. The Balaban J connectivity index is 3.00. The molecular formula is C7H10N4S. The molecule has 12 heavy (non-hydrogen) atoms. The summed E-state index contributed by atoms with van der Waals surface area (Å²) in [6.07, 6.45) is 1.56. The summed E-state index contributed by atoms with van der Waals surface area (Å²) in [7, 11) is 0. The van der Waals surface area contributed by atoms with Gasteiger partial charge in [0.1, 0.15) is 4.99 Å². The molecule has 0 aliphatic rings. The maximum Gasteiger partial charge on any atom is 0.158 e. The minimum atomic E-state index is 0.334. The van der Waals surface area contributed by atoms with E-state index in [1.807, 2.05) is 6.92 Å². The molecule has 64 valence electrons. The van der Waals surface area contributed by atoms with Crippen LogP contribution in [0.1, 0.15) is 12.5 Å². The zero-order chi connectivity index (χ0) is 8.97. The summed E-state index contributed by atoms with van der Waals surface area (Å²) in [4.78, 5) is 0.334. The zero-order valence-corrected chi connectivity index (χ0v) is 7.56. The van der Waals surface area contributed by atoms with E-state index in [2.05, 4.69) is 15.5 Å². The third-order valence-electron chi connectivity index (χ3n) is 1.33. The van der Waals surface area contributed by atoms with Crippen LogP contribution in [0.2, 0.25) is 0 Å². The lowest BCUT2D eigenvalue weighted by Crippen LogP contribution is -2.14. The Bertz CT molecular complexity index is 286. The van der Waals surface area contributed by atoms with Crippen LogP contribution in [0.5, 0.6) is 0 Å². The monoisotopic (exact) mass is 182 g/mol. The quantitative estimate of drug-likeness (QED) is 0.668. The molecular weight excluding hydrogens is 172 g/mol. The van der Waals surface area contributed by atoms with Gasteiger partial charge in [-0.3, -0.25) is 0 Å². The topological polar surface area (TPSA) is 63.8 Å². The molecule has 0 saturated carbocycles. The van der Waals surface area contributed by atoms with Crippen molar-refractivity contribution in [2.24, 2.45) is 5.73 Å². The number of thiocarbonyl (C=S) groups is 1. The molecule has 0 saturated heterocycles. The van der Waals surface area contributed by atoms with E-state index in [1.165, 1.54) is 0 Å². The van der Waals surface area contributed by atoms with Crippen molar-refractivity contribution in [1.29, 1.82) is 0 Å². The highest BCUT2D eigenvalue weighted by Gasteiger charge is 2.04. The molecule has 0 amide bonds. The number of anilines is 1. The highest BCUT2D eigenvalue weighted by molar-refractivity contribution is 7.80. The Hall–Kier alpha value is -1.23. The van der Waals surface area contributed by atoms with E-state index in [-0.39, 0.29) is 0 Å². The van der Waals surface area contributed by atoms with Gasteiger partial charge >= 0.3 is 0 Å². The van der Waals surface area contributed by atoms with Gasteiger partial charge in [-0.15, -0.1) is 5.10 Å². The molecule has 5 heteroatoms. The summed E-state index contributed by atoms with van der Waals surface area (Å²) in [6.45, 7) is 2.74. The fourth-order valence-corrected chi connectivity index (χ4v) is 0.993. The Morgan fingerprint density at radius 2 is 2.50 bits per heavy atom. The van der Waals surface area contributed by atoms with Gasteiger partial charge in [-0.2, -0.15) is 5.10 Å². The van der Waals surface area contributed by atoms with E-state index in [1.54, 1.807) is 12.3 Å². The minimum absolute atomic E-state index is 0.334. The second kappa shape index (κ2) is 3.96. The van der Waals surface area contributed by atoms with Crippen molar-refractivity contribution in [2.45, 2.75) is 6.92 Å². The first-order chi connectivity index (χ1) is 5.75. The smallest absolute Gasteiger partial charge is 0.158 e. The Morgan fingerprint density at radius 1 is 1.75 bits per heavy atom. The van der Waals surface area contributed by atoms with E-state index in [4.69, 9.17) is 18.0 Å². The first-order valence-corrected chi connectivity index (χ1v) is 4.02. The van der Waals surface area contributed by atoms with Gasteiger partial charge in [-0.25, -0.2) is 0 Å². The van der Waals surface area contributed by atoms with Crippen LogP contribution in [-0.4, -0.2) is 21.7 Å². The SMILES string of the molecule is CCNc1nnccc1C(N)=S. The standard InChI is InChI=1S/C7H10N4S/c1-2-9-7-5(6(8)12)3-4-10-11-7/h3-4H,2H2,1H3,(H2,8,12)(H,9,11). The van der Waals surface area contributed by atoms with E-state index < -0.39 is 0 Å². The molecule has 1 heterocycles. The molecule has 3 N–H and O–H groups in total. The molecule has 0 spiro atoms. The van der Waals surface area contributed by atoms with E-state index in [9.17, 15) is 0 Å². The number of hydrogen-bond donors (Lipinski definition) is 2. The highest BCUT2D eigenvalue weighted by Crippen LogP contribution is 2.08. The number of nitrogens with zero attached hydrogens (tertiary/aromatic N) is 2. The second-order valence-corrected chi connectivity index (χ2v) is 2.63. The lowest BCUT2D eigenvalue weighted by Gasteiger charge is -2.05. The number of aromatic nitrogens is 2. The summed E-state index contributed by atoms with van der Waals surface area (Å²) in [5, 5.41) is 10.6. The molecule has 4 nitrogen and oxygen atoms in total. The van der Waals surface area contributed by atoms with Crippen molar-refractivity contribution in [3.8, 4) is 0 Å². The fourth-order valence-electron chi connectivity index (χ4n) is 0.829.